The van der Waals surface area contributed by atoms with Crippen LogP contribution in [0.15, 0.2) is 18.3 Å². The molecule has 6 nitrogen and oxygen atoms in total. The first kappa shape index (κ1) is 18.0. The number of hydrogen-bond donors (Lipinski definition) is 1. The van der Waals surface area contributed by atoms with E-state index in [0.717, 1.165) is 70.6 Å². The minimum absolute atomic E-state index is 0.138. The van der Waals surface area contributed by atoms with Gasteiger partial charge in [0.1, 0.15) is 5.82 Å². The van der Waals surface area contributed by atoms with E-state index in [9.17, 15) is 4.79 Å². The van der Waals surface area contributed by atoms with Crippen LogP contribution in [0.3, 0.4) is 0 Å². The zero-order chi connectivity index (χ0) is 17.6. The van der Waals surface area contributed by atoms with Crippen molar-refractivity contribution in [3.05, 3.63) is 23.9 Å². The topological polar surface area (TPSA) is 51.7 Å². The number of pyridine rings is 1. The molecule has 138 valence electrons. The number of urea groups is 1. The van der Waals surface area contributed by atoms with Crippen LogP contribution in [-0.2, 0) is 6.54 Å². The van der Waals surface area contributed by atoms with Crippen LogP contribution in [0.4, 0.5) is 10.6 Å². The van der Waals surface area contributed by atoms with E-state index in [1.54, 1.807) is 0 Å². The summed E-state index contributed by atoms with van der Waals surface area (Å²) in [6.45, 7) is 4.89. The van der Waals surface area contributed by atoms with E-state index >= 15 is 0 Å². The van der Waals surface area contributed by atoms with Crippen molar-refractivity contribution in [1.82, 2.24) is 20.1 Å². The summed E-state index contributed by atoms with van der Waals surface area (Å²) in [5.41, 5.74) is 1.25. The fourth-order valence-electron chi connectivity index (χ4n) is 3.68. The second-order valence-corrected chi connectivity index (χ2v) is 7.47. The lowest BCUT2D eigenvalue weighted by Crippen LogP contribution is -2.43. The molecule has 0 saturated carbocycles. The van der Waals surface area contributed by atoms with Crippen LogP contribution in [-0.4, -0.2) is 67.1 Å². The first-order valence-corrected chi connectivity index (χ1v) is 9.52. The van der Waals surface area contributed by atoms with Crippen molar-refractivity contribution in [2.75, 3.05) is 45.2 Å². The Balaban J connectivity index is 1.47. The van der Waals surface area contributed by atoms with Crippen molar-refractivity contribution in [3.8, 4) is 0 Å². The van der Waals surface area contributed by atoms with E-state index in [1.165, 1.54) is 5.56 Å². The highest BCUT2D eigenvalue weighted by atomic mass is 16.2. The summed E-state index contributed by atoms with van der Waals surface area (Å²) < 4.78 is 0. The van der Waals surface area contributed by atoms with Gasteiger partial charge in [-0.1, -0.05) is 6.07 Å². The smallest absolute Gasteiger partial charge is 0.317 e. The highest BCUT2D eigenvalue weighted by Crippen LogP contribution is 2.16. The molecule has 2 fully saturated rings. The highest BCUT2D eigenvalue weighted by Gasteiger charge is 2.23. The van der Waals surface area contributed by atoms with Gasteiger partial charge in [0, 0.05) is 52.5 Å². The zero-order valence-corrected chi connectivity index (χ0v) is 15.6. The summed E-state index contributed by atoms with van der Waals surface area (Å²) in [5.74, 6) is 0.990. The second kappa shape index (κ2) is 8.52. The number of carbonyl (C=O) groups is 1. The highest BCUT2D eigenvalue weighted by molar-refractivity contribution is 5.74. The zero-order valence-electron chi connectivity index (χ0n) is 15.6. The van der Waals surface area contributed by atoms with Crippen molar-refractivity contribution < 1.29 is 4.79 Å². The van der Waals surface area contributed by atoms with Crippen LogP contribution in [0, 0.1) is 0 Å². The number of rotatable bonds is 4. The molecule has 1 N–H and O–H groups in total. The molecule has 0 spiro atoms. The predicted molar refractivity (Wildman–Crippen MR) is 101 cm³/mol. The summed E-state index contributed by atoms with van der Waals surface area (Å²) >= 11 is 0. The van der Waals surface area contributed by atoms with Crippen LogP contribution in [0.1, 0.15) is 37.7 Å². The molecule has 3 heterocycles. The van der Waals surface area contributed by atoms with Crippen molar-refractivity contribution in [3.63, 3.8) is 0 Å². The van der Waals surface area contributed by atoms with Gasteiger partial charge >= 0.3 is 6.03 Å². The normalized spacial score (nSPS) is 21.8. The maximum Gasteiger partial charge on any atom is 0.317 e. The first-order chi connectivity index (χ1) is 12.1. The van der Waals surface area contributed by atoms with Gasteiger partial charge in [-0.15, -0.1) is 0 Å². The van der Waals surface area contributed by atoms with Gasteiger partial charge < -0.3 is 15.1 Å². The number of hydrogen-bond acceptors (Lipinski definition) is 4. The van der Waals surface area contributed by atoms with Gasteiger partial charge in [0.05, 0.1) is 0 Å². The van der Waals surface area contributed by atoms with E-state index in [0.29, 0.717) is 6.04 Å². The first-order valence-electron chi connectivity index (χ1n) is 9.52. The molecular weight excluding hydrogens is 314 g/mol. The Kier molecular flexibility index (Phi) is 6.13. The predicted octanol–water partition coefficient (Wildman–Crippen LogP) is 2.31. The molecule has 2 amide bonds. The summed E-state index contributed by atoms with van der Waals surface area (Å²) in [4.78, 5) is 23.2. The lowest BCUT2D eigenvalue weighted by molar-refractivity contribution is 0.202. The minimum Gasteiger partial charge on any atom is -0.363 e. The van der Waals surface area contributed by atoms with E-state index in [2.05, 4.69) is 27.3 Å². The molecule has 1 atom stereocenters. The lowest BCUT2D eigenvalue weighted by atomic mass is 10.1. The van der Waals surface area contributed by atoms with Gasteiger partial charge in [-0.25, -0.2) is 9.78 Å². The SMILES string of the molecule is CN(C)c1ccc(CN2CCCC(NC(=O)N3CCCC3)CC2)cn1. The molecule has 2 aliphatic rings. The van der Waals surface area contributed by atoms with E-state index in [1.807, 2.05) is 30.1 Å². The van der Waals surface area contributed by atoms with Gasteiger partial charge in [-0.2, -0.15) is 0 Å². The van der Waals surface area contributed by atoms with E-state index in [-0.39, 0.29) is 6.03 Å². The summed E-state index contributed by atoms with van der Waals surface area (Å²) in [5, 5.41) is 3.25. The third-order valence-corrected chi connectivity index (χ3v) is 5.22. The maximum absolute atomic E-state index is 12.3. The van der Waals surface area contributed by atoms with Crippen LogP contribution < -0.4 is 10.2 Å². The number of aromatic nitrogens is 1. The van der Waals surface area contributed by atoms with Gasteiger partial charge in [-0.05, 0) is 50.3 Å². The molecule has 1 unspecified atom stereocenters. The molecule has 2 saturated heterocycles. The van der Waals surface area contributed by atoms with Gasteiger partial charge in [0.15, 0.2) is 0 Å². The van der Waals surface area contributed by atoms with Crippen molar-refractivity contribution in [2.24, 2.45) is 0 Å². The average Bonchev–Trinajstić information content (AvgIpc) is 3.06. The fraction of sp³-hybridized carbons (Fsp3) is 0.684. The summed E-state index contributed by atoms with van der Waals surface area (Å²) in [6, 6.07) is 4.69. The maximum atomic E-state index is 12.3. The van der Waals surface area contributed by atoms with E-state index < -0.39 is 0 Å². The number of nitrogens with zero attached hydrogens (tertiary/aromatic N) is 4. The standard InChI is InChI=1S/C19H31N5O/c1-22(2)18-8-7-16(14-20-18)15-23-10-5-6-17(9-13-23)21-19(25)24-11-3-4-12-24/h7-8,14,17H,3-6,9-13,15H2,1-2H3,(H,21,25). The quantitative estimate of drug-likeness (QED) is 0.910. The molecular formula is C19H31N5O. The largest absolute Gasteiger partial charge is 0.363 e. The Morgan fingerprint density at radius 3 is 2.64 bits per heavy atom. The van der Waals surface area contributed by atoms with Crippen LogP contribution >= 0.6 is 0 Å². The Hall–Kier alpha value is -1.82. The summed E-state index contributed by atoms with van der Waals surface area (Å²) in [6.07, 6.45) is 7.51. The Morgan fingerprint density at radius 1 is 1.16 bits per heavy atom. The molecule has 0 aliphatic carbocycles. The van der Waals surface area contributed by atoms with Gasteiger partial charge in [0.25, 0.3) is 0 Å². The molecule has 0 bridgehead atoms. The summed E-state index contributed by atoms with van der Waals surface area (Å²) in [7, 11) is 4.01. The van der Waals surface area contributed by atoms with Gasteiger partial charge in [0.2, 0.25) is 0 Å². The van der Waals surface area contributed by atoms with E-state index in [4.69, 9.17) is 0 Å². The number of amides is 2. The van der Waals surface area contributed by atoms with Gasteiger partial charge in [-0.3, -0.25) is 4.90 Å². The third-order valence-electron chi connectivity index (χ3n) is 5.22. The molecule has 6 heteroatoms. The molecule has 1 aromatic heterocycles. The lowest BCUT2D eigenvalue weighted by Gasteiger charge is -2.23. The van der Waals surface area contributed by atoms with Crippen molar-refractivity contribution >= 4 is 11.8 Å². The molecule has 2 aliphatic heterocycles. The number of likely N-dealkylation sites (tertiary alicyclic amines) is 2. The molecule has 0 radical (unpaired) electrons. The van der Waals surface area contributed by atoms with Crippen molar-refractivity contribution in [2.45, 2.75) is 44.7 Å². The molecule has 1 aromatic rings. The van der Waals surface area contributed by atoms with Crippen LogP contribution in [0.25, 0.3) is 0 Å². The van der Waals surface area contributed by atoms with Crippen LogP contribution in [0.2, 0.25) is 0 Å². The number of anilines is 1. The minimum atomic E-state index is 0.138. The Labute approximate surface area is 151 Å². The molecule has 25 heavy (non-hydrogen) atoms. The number of nitrogens with one attached hydrogen (secondary N) is 1. The Morgan fingerprint density at radius 2 is 1.96 bits per heavy atom. The number of carbonyl (C=O) groups excluding carboxylic acids is 1. The second-order valence-electron chi connectivity index (χ2n) is 7.47. The molecule has 0 aromatic carbocycles. The monoisotopic (exact) mass is 345 g/mol. The molecule has 3 rings (SSSR count). The van der Waals surface area contributed by atoms with Crippen LogP contribution in [0.5, 0.6) is 0 Å². The average molecular weight is 345 g/mol. The fourth-order valence-corrected chi connectivity index (χ4v) is 3.68. The Bertz CT molecular complexity index is 553. The third kappa shape index (κ3) is 5.08. The van der Waals surface area contributed by atoms with Crippen molar-refractivity contribution in [1.29, 1.82) is 0 Å².